The number of aromatic hydroxyl groups is 1. The van der Waals surface area contributed by atoms with E-state index < -0.39 is 0 Å². The fraction of sp³-hybridized carbons (Fsp3) is 0.583. The van der Waals surface area contributed by atoms with Gasteiger partial charge in [0.2, 0.25) is 0 Å². The van der Waals surface area contributed by atoms with E-state index in [2.05, 4.69) is 51.7 Å². The average molecular weight is 353 g/mol. The molecule has 2 heteroatoms. The van der Waals surface area contributed by atoms with Crippen molar-refractivity contribution in [3.8, 4) is 23.3 Å². The second kappa shape index (κ2) is 7.78. The summed E-state index contributed by atoms with van der Waals surface area (Å²) in [6, 6.07) is 3.97. The number of phenolic OH excluding ortho intramolecular Hbond substituents is 1. The van der Waals surface area contributed by atoms with Crippen LogP contribution in [0.3, 0.4) is 0 Å². The Morgan fingerprint density at radius 3 is 2.81 bits per heavy atom. The Morgan fingerprint density at radius 2 is 2.04 bits per heavy atom. The topological polar surface area (TPSA) is 29.5 Å². The molecule has 0 saturated carbocycles. The van der Waals surface area contributed by atoms with E-state index >= 15 is 0 Å². The number of allylic oxidation sites excluding steroid dienone is 2. The molecule has 1 aliphatic heterocycles. The van der Waals surface area contributed by atoms with Crippen LogP contribution in [-0.2, 0) is 6.42 Å². The second-order valence-corrected chi connectivity index (χ2v) is 8.40. The van der Waals surface area contributed by atoms with Gasteiger partial charge in [-0.2, -0.15) is 0 Å². The highest BCUT2D eigenvalue weighted by Gasteiger charge is 2.45. The zero-order valence-corrected chi connectivity index (χ0v) is 16.7. The van der Waals surface area contributed by atoms with Crippen LogP contribution in [0.15, 0.2) is 23.8 Å². The van der Waals surface area contributed by atoms with Gasteiger partial charge in [0.15, 0.2) is 0 Å². The molecule has 0 amide bonds. The summed E-state index contributed by atoms with van der Waals surface area (Å²) in [5, 5.41) is 10.7. The molecular weight excluding hydrogens is 320 g/mol. The van der Waals surface area contributed by atoms with Gasteiger partial charge in [-0.1, -0.05) is 37.3 Å². The Hall–Kier alpha value is -1.88. The molecule has 0 aromatic heterocycles. The van der Waals surface area contributed by atoms with Crippen molar-refractivity contribution in [2.45, 2.75) is 84.2 Å². The average Bonchev–Trinajstić information content (AvgIpc) is 2.56. The van der Waals surface area contributed by atoms with E-state index in [4.69, 9.17) is 4.74 Å². The summed E-state index contributed by atoms with van der Waals surface area (Å²) in [5.41, 5.74) is 3.20. The Labute approximate surface area is 158 Å². The van der Waals surface area contributed by atoms with Gasteiger partial charge in [0.05, 0.1) is 0 Å². The Morgan fingerprint density at radius 1 is 1.23 bits per heavy atom. The standard InChI is InChI=1S/C24H32O2/c1-5-6-7-8-9-10-11-18-15-21(25)23-19-14-17(2)12-13-20(19)24(3,4)26-22(23)16-18/h14-16,19-20,25H,5-8,11-13H2,1-4H3/t19-,20-/m1/s1. The molecule has 2 atom stereocenters. The number of hydrogen-bond donors (Lipinski definition) is 1. The molecule has 1 heterocycles. The molecule has 0 bridgehead atoms. The highest BCUT2D eigenvalue weighted by atomic mass is 16.5. The fourth-order valence-corrected chi connectivity index (χ4v) is 4.40. The Balaban J connectivity index is 1.85. The van der Waals surface area contributed by atoms with Gasteiger partial charge in [0, 0.05) is 30.2 Å². The second-order valence-electron chi connectivity index (χ2n) is 8.40. The van der Waals surface area contributed by atoms with Gasteiger partial charge >= 0.3 is 0 Å². The van der Waals surface area contributed by atoms with E-state index in [1.54, 1.807) is 0 Å². The van der Waals surface area contributed by atoms with Gasteiger partial charge in [-0.25, -0.2) is 0 Å². The zero-order chi connectivity index (χ0) is 18.7. The number of hydrogen-bond acceptors (Lipinski definition) is 2. The number of rotatable bonds is 4. The third-order valence-electron chi connectivity index (χ3n) is 5.85. The van der Waals surface area contributed by atoms with Crippen molar-refractivity contribution < 1.29 is 9.84 Å². The molecule has 0 unspecified atom stereocenters. The van der Waals surface area contributed by atoms with Crippen LogP contribution in [0.2, 0.25) is 0 Å². The first kappa shape index (κ1) is 18.9. The maximum absolute atomic E-state index is 10.7. The monoisotopic (exact) mass is 352 g/mol. The molecule has 1 aromatic carbocycles. The molecule has 2 nitrogen and oxygen atoms in total. The molecule has 0 radical (unpaired) electrons. The summed E-state index contributed by atoms with van der Waals surface area (Å²) in [7, 11) is 0. The summed E-state index contributed by atoms with van der Waals surface area (Å²) < 4.78 is 6.37. The molecule has 0 saturated heterocycles. The molecule has 26 heavy (non-hydrogen) atoms. The van der Waals surface area contributed by atoms with E-state index in [9.17, 15) is 5.11 Å². The molecule has 1 N–H and O–H groups in total. The van der Waals surface area contributed by atoms with Gasteiger partial charge in [-0.3, -0.25) is 0 Å². The summed E-state index contributed by atoms with van der Waals surface area (Å²) in [5.74, 6) is 8.36. The fourth-order valence-electron chi connectivity index (χ4n) is 4.40. The zero-order valence-electron chi connectivity index (χ0n) is 16.7. The number of phenols is 1. The van der Waals surface area contributed by atoms with Crippen LogP contribution in [0.1, 0.15) is 83.3 Å². The van der Waals surface area contributed by atoms with Crippen molar-refractivity contribution in [3.63, 3.8) is 0 Å². The maximum Gasteiger partial charge on any atom is 0.127 e. The van der Waals surface area contributed by atoms with Crippen molar-refractivity contribution in [1.82, 2.24) is 0 Å². The lowest BCUT2D eigenvalue weighted by Crippen LogP contribution is -2.45. The van der Waals surface area contributed by atoms with E-state index in [1.807, 2.05) is 6.07 Å². The Kier molecular flexibility index (Phi) is 5.66. The molecule has 3 rings (SSSR count). The van der Waals surface area contributed by atoms with Crippen LogP contribution in [0.5, 0.6) is 11.5 Å². The van der Waals surface area contributed by atoms with Gasteiger partial charge < -0.3 is 9.84 Å². The minimum atomic E-state index is -0.217. The lowest BCUT2D eigenvalue weighted by atomic mass is 9.68. The van der Waals surface area contributed by atoms with Crippen LogP contribution in [0, 0.1) is 17.8 Å². The lowest BCUT2D eigenvalue weighted by molar-refractivity contribution is 0.0107. The van der Waals surface area contributed by atoms with Gasteiger partial charge in [-0.15, -0.1) is 5.92 Å². The van der Waals surface area contributed by atoms with Gasteiger partial charge in [0.25, 0.3) is 0 Å². The highest BCUT2D eigenvalue weighted by Crippen LogP contribution is 2.53. The van der Waals surface area contributed by atoms with Crippen molar-refractivity contribution in [2.75, 3.05) is 0 Å². The van der Waals surface area contributed by atoms with E-state index in [0.29, 0.717) is 18.1 Å². The van der Waals surface area contributed by atoms with E-state index in [1.165, 1.54) is 24.8 Å². The number of fused-ring (bicyclic) bond motifs is 3. The Bertz CT molecular complexity index is 745. The smallest absolute Gasteiger partial charge is 0.127 e. The SMILES string of the molecule is CCCCCC#CCc1cc(O)c2c(c1)OC(C)(C)[C@@H]1CCC(C)=C[C@@H]21. The maximum atomic E-state index is 10.7. The number of benzene rings is 1. The van der Waals surface area contributed by atoms with Crippen LogP contribution < -0.4 is 4.74 Å². The first-order valence-corrected chi connectivity index (χ1v) is 10.1. The molecule has 0 spiro atoms. The van der Waals surface area contributed by atoms with Crippen LogP contribution >= 0.6 is 0 Å². The predicted octanol–water partition coefficient (Wildman–Crippen LogP) is 6.13. The van der Waals surface area contributed by atoms with Gasteiger partial charge in [-0.05, 0) is 57.7 Å². The predicted molar refractivity (Wildman–Crippen MR) is 108 cm³/mol. The first-order valence-electron chi connectivity index (χ1n) is 10.1. The van der Waals surface area contributed by atoms with Crippen LogP contribution in [0.4, 0.5) is 0 Å². The lowest BCUT2D eigenvalue weighted by Gasteiger charge is -2.46. The van der Waals surface area contributed by atoms with Gasteiger partial charge in [0.1, 0.15) is 17.1 Å². The normalized spacial score (nSPS) is 23.0. The van der Waals surface area contributed by atoms with Crippen molar-refractivity contribution in [1.29, 1.82) is 0 Å². The van der Waals surface area contributed by atoms with Crippen LogP contribution in [0.25, 0.3) is 0 Å². The molecule has 1 aromatic rings. The minimum absolute atomic E-state index is 0.217. The molecule has 140 valence electrons. The molecule has 2 aliphatic rings. The summed E-state index contributed by atoms with van der Waals surface area (Å²) in [4.78, 5) is 0. The number of ether oxygens (including phenoxy) is 1. The first-order chi connectivity index (χ1) is 12.4. The van der Waals surface area contributed by atoms with Crippen molar-refractivity contribution in [3.05, 3.63) is 34.9 Å². The van der Waals surface area contributed by atoms with Crippen LogP contribution in [-0.4, -0.2) is 10.7 Å². The third kappa shape index (κ3) is 3.93. The molecular formula is C24H32O2. The summed E-state index contributed by atoms with van der Waals surface area (Å²) in [6.07, 6.45) is 9.84. The minimum Gasteiger partial charge on any atom is -0.507 e. The quantitative estimate of drug-likeness (QED) is 0.401. The van der Waals surface area contributed by atoms with Crippen molar-refractivity contribution in [2.24, 2.45) is 5.92 Å². The summed E-state index contributed by atoms with van der Waals surface area (Å²) in [6.45, 7) is 8.76. The third-order valence-corrected chi connectivity index (χ3v) is 5.85. The van der Waals surface area contributed by atoms with Crippen molar-refractivity contribution >= 4 is 0 Å². The highest BCUT2D eigenvalue weighted by molar-refractivity contribution is 5.54. The summed E-state index contributed by atoms with van der Waals surface area (Å²) >= 11 is 0. The molecule has 0 fully saturated rings. The van der Waals surface area contributed by atoms with E-state index in [-0.39, 0.29) is 11.5 Å². The largest absolute Gasteiger partial charge is 0.507 e. The number of unbranched alkanes of at least 4 members (excludes halogenated alkanes) is 3. The molecule has 1 aliphatic carbocycles. The van der Waals surface area contributed by atoms with E-state index in [0.717, 1.165) is 36.1 Å².